The average molecular weight is 196 g/mol. The lowest BCUT2D eigenvalue weighted by atomic mass is 9.95. The molecular weight excluding hydrogens is 180 g/mol. The van der Waals surface area contributed by atoms with E-state index in [1.807, 2.05) is 0 Å². The molecule has 3 rings (SSSR count). The Hall–Kier alpha value is -1.30. The summed E-state index contributed by atoms with van der Waals surface area (Å²) in [5, 5.41) is 2.92. The largest absolute Gasteiger partial charge is 0.0613 e. The molecule has 1 fully saturated rings. The van der Waals surface area contributed by atoms with Crippen LogP contribution in [0.4, 0.5) is 0 Å². The first-order valence-corrected chi connectivity index (χ1v) is 5.76. The second-order valence-electron chi connectivity index (χ2n) is 4.72. The molecule has 15 heavy (non-hydrogen) atoms. The van der Waals surface area contributed by atoms with Gasteiger partial charge in [-0.25, -0.2) is 0 Å². The summed E-state index contributed by atoms with van der Waals surface area (Å²) in [5.74, 6) is 0.843. The number of rotatable bonds is 1. The molecule has 0 amide bonds. The summed E-state index contributed by atoms with van der Waals surface area (Å²) >= 11 is 0. The molecule has 1 saturated carbocycles. The molecule has 0 spiro atoms. The van der Waals surface area contributed by atoms with Gasteiger partial charge in [-0.3, -0.25) is 0 Å². The van der Waals surface area contributed by atoms with Crippen molar-refractivity contribution in [3.8, 4) is 0 Å². The van der Waals surface area contributed by atoms with E-state index in [4.69, 9.17) is 0 Å². The molecule has 76 valence electrons. The molecule has 0 nitrogen and oxygen atoms in total. The summed E-state index contributed by atoms with van der Waals surface area (Å²) in [6.07, 6.45) is 2.76. The summed E-state index contributed by atoms with van der Waals surface area (Å²) < 4.78 is 0. The van der Waals surface area contributed by atoms with Gasteiger partial charge in [0.25, 0.3) is 0 Å². The van der Waals surface area contributed by atoms with Gasteiger partial charge in [0.1, 0.15) is 0 Å². The monoisotopic (exact) mass is 196 g/mol. The molecule has 2 aromatic rings. The predicted molar refractivity (Wildman–Crippen MR) is 65.4 cm³/mol. The van der Waals surface area contributed by atoms with Gasteiger partial charge in [-0.15, -0.1) is 0 Å². The minimum Gasteiger partial charge on any atom is -0.0613 e. The van der Waals surface area contributed by atoms with Crippen molar-refractivity contribution in [1.29, 1.82) is 0 Å². The minimum atomic E-state index is 0.843. The highest BCUT2D eigenvalue weighted by Gasteiger charge is 2.25. The Kier molecular flexibility index (Phi) is 1.85. The fourth-order valence-electron chi connectivity index (χ4n) is 2.39. The molecule has 0 heterocycles. The molecule has 1 aliphatic rings. The van der Waals surface area contributed by atoms with E-state index in [0.29, 0.717) is 0 Å². The van der Waals surface area contributed by atoms with Gasteiger partial charge in [-0.05, 0) is 60.1 Å². The molecule has 0 heteroatoms. The molecule has 0 unspecified atom stereocenters. The summed E-state index contributed by atoms with van der Waals surface area (Å²) in [7, 11) is 0. The van der Waals surface area contributed by atoms with Crippen LogP contribution < -0.4 is 0 Å². The molecule has 0 N–H and O–H groups in total. The quantitative estimate of drug-likeness (QED) is 0.636. The van der Waals surface area contributed by atoms with Gasteiger partial charge in [0.05, 0.1) is 0 Å². The third-order valence-electron chi connectivity index (χ3n) is 3.65. The van der Waals surface area contributed by atoms with Gasteiger partial charge in [0, 0.05) is 0 Å². The van der Waals surface area contributed by atoms with E-state index in [0.717, 1.165) is 5.92 Å². The highest BCUT2D eigenvalue weighted by molar-refractivity contribution is 5.90. The van der Waals surface area contributed by atoms with Gasteiger partial charge in [0.2, 0.25) is 0 Å². The summed E-state index contributed by atoms with van der Waals surface area (Å²) in [4.78, 5) is 0. The van der Waals surface area contributed by atoms with Crippen LogP contribution in [0.3, 0.4) is 0 Å². The lowest BCUT2D eigenvalue weighted by Crippen LogP contribution is -1.88. The van der Waals surface area contributed by atoms with E-state index in [1.54, 1.807) is 5.56 Å². The molecule has 0 atom stereocenters. The minimum absolute atomic E-state index is 0.843. The third-order valence-corrected chi connectivity index (χ3v) is 3.65. The Labute approximate surface area is 90.9 Å². The first-order valence-electron chi connectivity index (χ1n) is 5.76. The van der Waals surface area contributed by atoms with Crippen molar-refractivity contribution in [1.82, 2.24) is 0 Å². The van der Waals surface area contributed by atoms with Crippen molar-refractivity contribution in [3.05, 3.63) is 47.0 Å². The van der Waals surface area contributed by atoms with Crippen LogP contribution in [0.15, 0.2) is 30.3 Å². The maximum Gasteiger partial charge on any atom is -0.0146 e. The van der Waals surface area contributed by atoms with Gasteiger partial charge in [-0.2, -0.15) is 0 Å². The summed E-state index contributed by atoms with van der Waals surface area (Å²) in [6, 6.07) is 11.3. The molecule has 0 aromatic heterocycles. The number of hydrogen-bond donors (Lipinski definition) is 0. The van der Waals surface area contributed by atoms with Gasteiger partial charge < -0.3 is 0 Å². The maximum atomic E-state index is 2.30. The van der Waals surface area contributed by atoms with Crippen molar-refractivity contribution in [3.63, 3.8) is 0 Å². The number of fused-ring (bicyclic) bond motifs is 1. The SMILES string of the molecule is Cc1ccc2c(C3CC3)cccc2c1C. The Morgan fingerprint density at radius 1 is 0.933 bits per heavy atom. The Balaban J connectivity index is 2.35. The zero-order chi connectivity index (χ0) is 10.4. The van der Waals surface area contributed by atoms with E-state index in [2.05, 4.69) is 44.2 Å². The molecule has 0 aliphatic heterocycles. The second kappa shape index (κ2) is 3.10. The van der Waals surface area contributed by atoms with E-state index in [9.17, 15) is 0 Å². The highest BCUT2D eigenvalue weighted by Crippen LogP contribution is 2.43. The van der Waals surface area contributed by atoms with Crippen LogP contribution in [-0.4, -0.2) is 0 Å². The third kappa shape index (κ3) is 1.36. The van der Waals surface area contributed by atoms with Crippen molar-refractivity contribution in [2.24, 2.45) is 0 Å². The van der Waals surface area contributed by atoms with Crippen LogP contribution in [0.5, 0.6) is 0 Å². The van der Waals surface area contributed by atoms with E-state index >= 15 is 0 Å². The normalized spacial score (nSPS) is 15.9. The van der Waals surface area contributed by atoms with Gasteiger partial charge in [-0.1, -0.05) is 30.3 Å². The molecule has 1 aliphatic carbocycles. The zero-order valence-corrected chi connectivity index (χ0v) is 9.38. The smallest absolute Gasteiger partial charge is 0.0146 e. The molecule has 0 radical (unpaired) electrons. The van der Waals surface area contributed by atoms with Crippen LogP contribution >= 0.6 is 0 Å². The van der Waals surface area contributed by atoms with Gasteiger partial charge >= 0.3 is 0 Å². The topological polar surface area (TPSA) is 0 Å². The first-order chi connectivity index (χ1) is 7.27. The van der Waals surface area contributed by atoms with E-state index in [-0.39, 0.29) is 0 Å². The average Bonchev–Trinajstić information content (AvgIpc) is 3.07. The Bertz CT molecular complexity index is 519. The molecule has 0 bridgehead atoms. The summed E-state index contributed by atoms with van der Waals surface area (Å²) in [6.45, 7) is 4.42. The van der Waals surface area contributed by atoms with E-state index < -0.39 is 0 Å². The molecular formula is C15H16. The maximum absolute atomic E-state index is 2.30. The predicted octanol–water partition coefficient (Wildman–Crippen LogP) is 4.33. The van der Waals surface area contributed by atoms with Crippen LogP contribution in [0.2, 0.25) is 0 Å². The number of hydrogen-bond acceptors (Lipinski definition) is 0. The van der Waals surface area contributed by atoms with Crippen molar-refractivity contribution >= 4 is 10.8 Å². The van der Waals surface area contributed by atoms with Crippen LogP contribution in [-0.2, 0) is 0 Å². The lowest BCUT2D eigenvalue weighted by molar-refractivity contribution is 1.15. The van der Waals surface area contributed by atoms with Crippen LogP contribution in [0.25, 0.3) is 10.8 Å². The Morgan fingerprint density at radius 3 is 2.47 bits per heavy atom. The number of benzene rings is 2. The highest BCUT2D eigenvalue weighted by atomic mass is 14.3. The zero-order valence-electron chi connectivity index (χ0n) is 9.38. The van der Waals surface area contributed by atoms with Crippen molar-refractivity contribution < 1.29 is 0 Å². The second-order valence-corrected chi connectivity index (χ2v) is 4.72. The first kappa shape index (κ1) is 8.96. The summed E-state index contributed by atoms with van der Waals surface area (Å²) in [5.41, 5.74) is 4.40. The Morgan fingerprint density at radius 2 is 1.73 bits per heavy atom. The van der Waals surface area contributed by atoms with Crippen LogP contribution in [0, 0.1) is 13.8 Å². The van der Waals surface area contributed by atoms with E-state index in [1.165, 1.54) is 34.7 Å². The molecule has 2 aromatic carbocycles. The van der Waals surface area contributed by atoms with Crippen LogP contribution in [0.1, 0.15) is 35.4 Å². The lowest BCUT2D eigenvalue weighted by Gasteiger charge is -2.09. The van der Waals surface area contributed by atoms with Crippen molar-refractivity contribution in [2.45, 2.75) is 32.6 Å². The standard InChI is InChI=1S/C15H16/c1-10-6-9-15-13(11(10)2)4-3-5-14(15)12-7-8-12/h3-6,9,12H,7-8H2,1-2H3. The number of aryl methyl sites for hydroxylation is 2. The van der Waals surface area contributed by atoms with Crippen molar-refractivity contribution in [2.75, 3.05) is 0 Å². The molecule has 0 saturated heterocycles. The van der Waals surface area contributed by atoms with Gasteiger partial charge in [0.15, 0.2) is 0 Å². The fourth-order valence-corrected chi connectivity index (χ4v) is 2.39. The fraction of sp³-hybridized carbons (Fsp3) is 0.333.